The minimum absolute atomic E-state index is 0.346. The zero-order chi connectivity index (χ0) is 9.61. The van der Waals surface area contributed by atoms with Gasteiger partial charge < -0.3 is 0 Å². The van der Waals surface area contributed by atoms with Crippen molar-refractivity contribution in [1.29, 1.82) is 0 Å². The monoisotopic (exact) mass is 204 g/mol. The van der Waals surface area contributed by atoms with Crippen molar-refractivity contribution in [2.75, 3.05) is 27.5 Å². The van der Waals surface area contributed by atoms with Gasteiger partial charge in [-0.2, -0.15) is 0 Å². The van der Waals surface area contributed by atoms with E-state index < -0.39 is 20.9 Å². The van der Waals surface area contributed by atoms with Gasteiger partial charge in [0.05, 0.1) is 0 Å². The number of hydrogen-bond donors (Lipinski definition) is 2. The maximum absolute atomic E-state index is 11.7. The summed E-state index contributed by atoms with van der Waals surface area (Å²) in [6.07, 6.45) is -1.26. The number of hydrogen-bond acceptors (Lipinski definition) is 5. The van der Waals surface area contributed by atoms with Crippen molar-refractivity contribution in [3.63, 3.8) is 0 Å². The molecule has 1 atom stereocenters. The van der Waals surface area contributed by atoms with Crippen LogP contribution in [-0.4, -0.2) is 43.6 Å². The Labute approximate surface area is 70.7 Å². The van der Waals surface area contributed by atoms with Crippen molar-refractivity contribution in [1.82, 2.24) is 0 Å². The molecule has 0 aliphatic rings. The quantitative estimate of drug-likeness (QED) is 0.597. The van der Waals surface area contributed by atoms with Crippen LogP contribution in [-0.2, 0) is 13.6 Å². The molecule has 0 bridgehead atoms. The molecule has 12 heavy (non-hydrogen) atoms. The molecule has 0 fully saturated rings. The summed E-state index contributed by atoms with van der Waals surface area (Å²) in [6, 6.07) is 0. The van der Waals surface area contributed by atoms with Crippen molar-refractivity contribution in [3.05, 3.63) is 0 Å². The normalized spacial score (nSPS) is 16.1. The van der Waals surface area contributed by atoms with Gasteiger partial charge in [0.25, 0.3) is 0 Å². The molecule has 0 aromatic carbocycles. The average molecular weight is 204 g/mol. The molecule has 0 aromatic rings. The molecule has 0 saturated heterocycles. The van der Waals surface area contributed by atoms with Crippen molar-refractivity contribution in [3.8, 4) is 0 Å². The van der Waals surface area contributed by atoms with E-state index in [1.165, 1.54) is 14.2 Å². The van der Waals surface area contributed by atoms with Crippen LogP contribution in [0.25, 0.3) is 0 Å². The van der Waals surface area contributed by atoms with Crippen LogP contribution >= 0.6 is 8.17 Å². The van der Waals surface area contributed by atoms with Gasteiger partial charge in [-0.1, -0.05) is 0 Å². The molecule has 2 N–H and O–H groups in total. The summed E-state index contributed by atoms with van der Waals surface area (Å²) in [5.74, 6) is 0. The fraction of sp³-hybridized carbons (Fsp3) is 1.00. The third kappa shape index (κ3) is 4.25. The van der Waals surface area contributed by atoms with E-state index in [0.717, 1.165) is 0 Å². The van der Waals surface area contributed by atoms with Crippen molar-refractivity contribution in [2.45, 2.75) is 6.10 Å². The zero-order valence-electron chi connectivity index (χ0n) is 6.99. The summed E-state index contributed by atoms with van der Waals surface area (Å²) in [4.78, 5) is 9.21. The number of alkyl halides is 1. The van der Waals surface area contributed by atoms with Gasteiger partial charge in [0.15, 0.2) is 0 Å². The van der Waals surface area contributed by atoms with Crippen LogP contribution in [0.4, 0.5) is 4.39 Å². The van der Waals surface area contributed by atoms with E-state index in [-0.39, 0.29) is 6.61 Å². The van der Waals surface area contributed by atoms with E-state index in [0.29, 0.717) is 0 Å². The number of aliphatic hydroxyl groups excluding tert-OH is 1. The molecule has 0 aromatic heterocycles. The molecule has 76 valence electrons. The summed E-state index contributed by atoms with van der Waals surface area (Å²) in [5.41, 5.74) is 0. The Morgan fingerprint density at radius 2 is 1.92 bits per heavy atom. The molecule has 0 aliphatic heterocycles. The zero-order valence-corrected chi connectivity index (χ0v) is 7.99. The van der Waals surface area contributed by atoms with Crippen molar-refractivity contribution in [2.24, 2.45) is 0 Å². The molecule has 0 unspecified atom stereocenters. The standard InChI is InChI=1S/C5H14FO5P/c1-9-12(8,10-2)11-4-5(7)3-6/h5,7-8,12H,3-4H2,1-2H3/t5-/m0/s1. The van der Waals surface area contributed by atoms with Gasteiger partial charge >= 0.3 is 69.7 Å². The molecule has 7 heteroatoms. The molecular weight excluding hydrogens is 190 g/mol. The predicted molar refractivity (Wildman–Crippen MR) is 42.5 cm³/mol. The molecule has 0 saturated carbocycles. The maximum atomic E-state index is 11.7. The molecule has 0 aliphatic carbocycles. The van der Waals surface area contributed by atoms with Gasteiger partial charge in [-0.15, -0.1) is 0 Å². The van der Waals surface area contributed by atoms with Crippen molar-refractivity contribution < 1.29 is 28.0 Å². The Morgan fingerprint density at radius 1 is 1.42 bits per heavy atom. The molecular formula is C5H14FO5P. The van der Waals surface area contributed by atoms with Gasteiger partial charge in [0, 0.05) is 0 Å². The minimum atomic E-state index is -3.60. The summed E-state index contributed by atoms with van der Waals surface area (Å²) >= 11 is 0. The van der Waals surface area contributed by atoms with Crippen LogP contribution in [0.15, 0.2) is 0 Å². The van der Waals surface area contributed by atoms with E-state index in [9.17, 15) is 9.28 Å². The van der Waals surface area contributed by atoms with Crippen LogP contribution in [0.2, 0.25) is 0 Å². The van der Waals surface area contributed by atoms with Crippen LogP contribution in [0.3, 0.4) is 0 Å². The Morgan fingerprint density at radius 3 is 2.25 bits per heavy atom. The molecule has 0 spiro atoms. The fourth-order valence-corrected chi connectivity index (χ4v) is 1.25. The van der Waals surface area contributed by atoms with Gasteiger partial charge in [0.1, 0.15) is 0 Å². The Bertz CT molecular complexity index is 120. The third-order valence-electron chi connectivity index (χ3n) is 1.15. The fourth-order valence-electron chi connectivity index (χ4n) is 0.447. The summed E-state index contributed by atoms with van der Waals surface area (Å²) in [7, 11) is -1.19. The van der Waals surface area contributed by atoms with E-state index in [4.69, 9.17) is 5.11 Å². The number of aliphatic hydroxyl groups is 1. The molecule has 0 amide bonds. The van der Waals surface area contributed by atoms with Crippen LogP contribution in [0, 0.1) is 0 Å². The predicted octanol–water partition coefficient (Wildman–Crippen LogP) is 0.0284. The SMILES string of the molecule is CO[PH](O)(OC)OC[C@@H](O)CF. The summed E-state index contributed by atoms with van der Waals surface area (Å²) < 4.78 is 25.3. The first-order chi connectivity index (χ1) is 5.58. The number of rotatable bonds is 6. The first-order valence-corrected chi connectivity index (χ1v) is 4.96. The third-order valence-corrected chi connectivity index (χ3v) is 2.72. The Balaban J connectivity index is 3.72. The second kappa shape index (κ2) is 5.75. The molecule has 5 nitrogen and oxygen atoms in total. The van der Waals surface area contributed by atoms with Gasteiger partial charge in [-0.25, -0.2) is 0 Å². The first-order valence-electron chi connectivity index (χ1n) is 3.28. The second-order valence-corrected chi connectivity index (χ2v) is 4.20. The van der Waals surface area contributed by atoms with E-state index in [1.807, 2.05) is 0 Å². The second-order valence-electron chi connectivity index (χ2n) is 2.05. The van der Waals surface area contributed by atoms with Gasteiger partial charge in [-0.3, -0.25) is 0 Å². The molecule has 0 heterocycles. The Kier molecular flexibility index (Phi) is 5.82. The van der Waals surface area contributed by atoms with Crippen molar-refractivity contribution >= 4 is 8.17 Å². The average Bonchev–Trinajstić information content (AvgIpc) is 2.13. The van der Waals surface area contributed by atoms with Crippen LogP contribution < -0.4 is 0 Å². The van der Waals surface area contributed by atoms with E-state index >= 15 is 0 Å². The van der Waals surface area contributed by atoms with E-state index in [2.05, 4.69) is 13.6 Å². The van der Waals surface area contributed by atoms with Crippen LogP contribution in [0.1, 0.15) is 0 Å². The Hall–Kier alpha value is 0.160. The molecule has 0 rings (SSSR count). The van der Waals surface area contributed by atoms with Crippen LogP contribution in [0.5, 0.6) is 0 Å². The van der Waals surface area contributed by atoms with Gasteiger partial charge in [0.2, 0.25) is 0 Å². The summed E-state index contributed by atoms with van der Waals surface area (Å²) in [6.45, 7) is -1.28. The number of halogens is 1. The van der Waals surface area contributed by atoms with Gasteiger partial charge in [-0.05, 0) is 0 Å². The molecule has 0 radical (unpaired) electrons. The van der Waals surface area contributed by atoms with E-state index in [1.54, 1.807) is 0 Å². The first kappa shape index (κ1) is 12.2. The topological polar surface area (TPSA) is 68.2 Å². The summed E-state index contributed by atoms with van der Waals surface area (Å²) in [5, 5.41) is 8.71.